The molecule has 0 aliphatic carbocycles. The van der Waals surface area contributed by atoms with Gasteiger partial charge in [0.2, 0.25) is 5.13 Å². The summed E-state index contributed by atoms with van der Waals surface area (Å²) < 4.78 is 11.3. The lowest BCUT2D eigenvalue weighted by molar-refractivity contribution is -0.112. The molecule has 0 atom stereocenters. The summed E-state index contributed by atoms with van der Waals surface area (Å²) in [4.78, 5) is 13.6. The Morgan fingerprint density at radius 2 is 2.03 bits per heavy atom. The molecule has 0 unspecified atom stereocenters. The van der Waals surface area contributed by atoms with Crippen LogP contribution in [0.3, 0.4) is 0 Å². The zero-order valence-electron chi connectivity index (χ0n) is 18.0. The number of rotatable bonds is 10. The van der Waals surface area contributed by atoms with Crippen molar-refractivity contribution in [1.29, 1.82) is 5.26 Å². The highest BCUT2D eigenvalue weighted by Crippen LogP contribution is 2.30. The summed E-state index contributed by atoms with van der Waals surface area (Å²) in [6.45, 7) is 2.43. The lowest BCUT2D eigenvalue weighted by Crippen LogP contribution is -2.13. The predicted molar refractivity (Wildman–Crippen MR) is 132 cm³/mol. The molecule has 2 aromatic carbocycles. The quantitative estimate of drug-likeness (QED) is 0.170. The molecule has 0 aliphatic rings. The molecular formula is C23H21ClN4O3S2. The zero-order valence-corrected chi connectivity index (χ0v) is 20.4. The van der Waals surface area contributed by atoms with Crippen molar-refractivity contribution in [2.24, 2.45) is 0 Å². The molecule has 3 rings (SSSR count). The van der Waals surface area contributed by atoms with Crippen LogP contribution in [0.15, 0.2) is 52.9 Å². The van der Waals surface area contributed by atoms with Crippen LogP contribution in [-0.4, -0.2) is 35.6 Å². The average Bonchev–Trinajstić information content (AvgIpc) is 3.29. The van der Waals surface area contributed by atoms with E-state index in [1.54, 1.807) is 30.0 Å². The topological polar surface area (TPSA) is 97.1 Å². The second-order valence-electron chi connectivity index (χ2n) is 6.54. The van der Waals surface area contributed by atoms with Crippen molar-refractivity contribution in [3.05, 3.63) is 63.6 Å². The predicted octanol–water partition coefficient (Wildman–Crippen LogP) is 5.48. The molecule has 0 fully saturated rings. The molecular weight excluding hydrogens is 480 g/mol. The molecule has 3 aromatic rings. The van der Waals surface area contributed by atoms with E-state index in [1.165, 1.54) is 24.5 Å². The molecule has 0 radical (unpaired) electrons. The van der Waals surface area contributed by atoms with Crippen LogP contribution in [0.2, 0.25) is 5.02 Å². The van der Waals surface area contributed by atoms with Crippen LogP contribution in [-0.2, 0) is 11.2 Å². The standard InChI is InChI=1S/C23H21ClN4O3S2/c1-3-21-27-28-23(33-21)26-22(29)16(14-25)12-15-4-9-19(20(13-15)30-2)31-10-11-32-18-7-5-17(24)6-8-18/h4-9,12-13H,3,10-11H2,1-2H3,(H,26,28,29). The van der Waals surface area contributed by atoms with E-state index in [0.717, 1.165) is 22.1 Å². The Balaban J connectivity index is 1.61. The van der Waals surface area contributed by atoms with E-state index in [1.807, 2.05) is 37.3 Å². The molecule has 170 valence electrons. The molecule has 0 bridgehead atoms. The van der Waals surface area contributed by atoms with Gasteiger partial charge in [-0.3, -0.25) is 10.1 Å². The van der Waals surface area contributed by atoms with Gasteiger partial charge in [-0.25, -0.2) is 0 Å². The number of hydrogen-bond acceptors (Lipinski definition) is 8. The monoisotopic (exact) mass is 500 g/mol. The number of carbonyl (C=O) groups excluding carboxylic acids is 1. The van der Waals surface area contributed by atoms with Gasteiger partial charge < -0.3 is 9.47 Å². The van der Waals surface area contributed by atoms with E-state index in [0.29, 0.717) is 33.8 Å². The second-order valence-corrected chi connectivity index (χ2v) is 9.21. The van der Waals surface area contributed by atoms with E-state index in [9.17, 15) is 10.1 Å². The molecule has 1 amide bonds. The SMILES string of the molecule is CCc1nnc(NC(=O)C(C#N)=Cc2ccc(OCCSc3ccc(Cl)cc3)c(OC)c2)s1. The molecule has 0 saturated carbocycles. The minimum atomic E-state index is -0.546. The Labute approximate surface area is 205 Å². The molecule has 0 saturated heterocycles. The fourth-order valence-electron chi connectivity index (χ4n) is 2.66. The smallest absolute Gasteiger partial charge is 0.268 e. The first-order chi connectivity index (χ1) is 16.0. The largest absolute Gasteiger partial charge is 0.493 e. The highest BCUT2D eigenvalue weighted by molar-refractivity contribution is 7.99. The number of anilines is 1. The maximum atomic E-state index is 12.4. The highest BCUT2D eigenvalue weighted by Gasteiger charge is 2.13. The van der Waals surface area contributed by atoms with E-state index in [2.05, 4.69) is 15.5 Å². The number of ether oxygens (including phenoxy) is 2. The average molecular weight is 501 g/mol. The van der Waals surface area contributed by atoms with Gasteiger partial charge in [0.1, 0.15) is 16.6 Å². The van der Waals surface area contributed by atoms with Crippen molar-refractivity contribution in [2.75, 3.05) is 24.8 Å². The summed E-state index contributed by atoms with van der Waals surface area (Å²) in [6, 6.07) is 14.8. The zero-order chi connectivity index (χ0) is 23.6. The molecule has 1 aromatic heterocycles. The van der Waals surface area contributed by atoms with Gasteiger partial charge in [0.15, 0.2) is 11.5 Å². The molecule has 10 heteroatoms. The third-order valence-electron chi connectivity index (χ3n) is 4.28. The van der Waals surface area contributed by atoms with Gasteiger partial charge in [-0.05, 0) is 54.5 Å². The van der Waals surface area contributed by atoms with Crippen LogP contribution in [0.1, 0.15) is 17.5 Å². The number of nitrogens with one attached hydrogen (secondary N) is 1. The summed E-state index contributed by atoms with van der Waals surface area (Å²) in [5.74, 6) is 1.29. The molecule has 0 spiro atoms. The third-order valence-corrected chi connectivity index (χ3v) is 6.49. The highest BCUT2D eigenvalue weighted by atomic mass is 35.5. The number of halogens is 1. The number of nitrogens with zero attached hydrogens (tertiary/aromatic N) is 3. The molecule has 7 nitrogen and oxygen atoms in total. The normalized spacial score (nSPS) is 11.0. The van der Waals surface area contributed by atoms with Crippen molar-refractivity contribution < 1.29 is 14.3 Å². The molecule has 33 heavy (non-hydrogen) atoms. The second kappa shape index (κ2) is 12.3. The summed E-state index contributed by atoms with van der Waals surface area (Å²) in [5.41, 5.74) is 0.575. The van der Waals surface area contributed by atoms with Gasteiger partial charge >= 0.3 is 0 Å². The van der Waals surface area contributed by atoms with E-state index >= 15 is 0 Å². The van der Waals surface area contributed by atoms with Crippen LogP contribution < -0.4 is 14.8 Å². The fourth-order valence-corrected chi connectivity index (χ4v) is 4.19. The number of thioether (sulfide) groups is 1. The summed E-state index contributed by atoms with van der Waals surface area (Å²) in [7, 11) is 1.54. The number of methoxy groups -OCH3 is 1. The Hall–Kier alpha value is -3.06. The first-order valence-electron chi connectivity index (χ1n) is 9.97. The number of hydrogen-bond donors (Lipinski definition) is 1. The Kier molecular flexibility index (Phi) is 9.13. The van der Waals surface area contributed by atoms with Gasteiger partial charge in [0.05, 0.1) is 13.7 Å². The Morgan fingerprint density at radius 3 is 2.70 bits per heavy atom. The first kappa shape index (κ1) is 24.6. The third kappa shape index (κ3) is 7.22. The van der Waals surface area contributed by atoms with E-state index in [4.69, 9.17) is 21.1 Å². The summed E-state index contributed by atoms with van der Waals surface area (Å²) >= 11 is 8.84. The molecule has 1 N–H and O–H groups in total. The van der Waals surface area contributed by atoms with Crippen LogP contribution in [0, 0.1) is 11.3 Å². The van der Waals surface area contributed by atoms with Gasteiger partial charge in [-0.15, -0.1) is 22.0 Å². The molecule has 0 aliphatic heterocycles. The summed E-state index contributed by atoms with van der Waals surface area (Å²) in [6.07, 6.45) is 2.21. The summed E-state index contributed by atoms with van der Waals surface area (Å²) in [5, 5.41) is 21.8. The van der Waals surface area contributed by atoms with Crippen molar-refractivity contribution in [1.82, 2.24) is 10.2 Å². The molecule has 1 heterocycles. The van der Waals surface area contributed by atoms with Crippen molar-refractivity contribution >= 4 is 51.8 Å². The Morgan fingerprint density at radius 1 is 1.24 bits per heavy atom. The fraction of sp³-hybridized carbons (Fsp3) is 0.217. The van der Waals surface area contributed by atoms with Crippen LogP contribution >= 0.6 is 34.7 Å². The number of aromatic nitrogens is 2. The van der Waals surface area contributed by atoms with Crippen molar-refractivity contribution in [2.45, 2.75) is 18.2 Å². The van der Waals surface area contributed by atoms with Gasteiger partial charge in [-0.2, -0.15) is 5.26 Å². The number of carbonyl (C=O) groups is 1. The van der Waals surface area contributed by atoms with Crippen LogP contribution in [0.4, 0.5) is 5.13 Å². The van der Waals surface area contributed by atoms with Gasteiger partial charge in [-0.1, -0.05) is 35.9 Å². The minimum absolute atomic E-state index is 0.0571. The number of aryl methyl sites for hydroxylation is 1. The number of nitriles is 1. The van der Waals surface area contributed by atoms with Crippen LogP contribution in [0.5, 0.6) is 11.5 Å². The van der Waals surface area contributed by atoms with Crippen LogP contribution in [0.25, 0.3) is 6.08 Å². The van der Waals surface area contributed by atoms with E-state index in [-0.39, 0.29) is 5.57 Å². The lowest BCUT2D eigenvalue weighted by Gasteiger charge is -2.11. The van der Waals surface area contributed by atoms with Crippen molar-refractivity contribution in [3.8, 4) is 17.6 Å². The van der Waals surface area contributed by atoms with Gasteiger partial charge in [0.25, 0.3) is 5.91 Å². The Bertz CT molecular complexity index is 1170. The maximum Gasteiger partial charge on any atom is 0.268 e. The number of amides is 1. The van der Waals surface area contributed by atoms with E-state index < -0.39 is 5.91 Å². The number of benzene rings is 2. The minimum Gasteiger partial charge on any atom is -0.493 e. The maximum absolute atomic E-state index is 12.4. The first-order valence-corrected chi connectivity index (χ1v) is 12.1. The lowest BCUT2D eigenvalue weighted by atomic mass is 10.1. The van der Waals surface area contributed by atoms with Gasteiger partial charge in [0, 0.05) is 15.7 Å². The van der Waals surface area contributed by atoms with Crippen molar-refractivity contribution in [3.63, 3.8) is 0 Å².